The summed E-state index contributed by atoms with van der Waals surface area (Å²) in [5.41, 5.74) is 1.95. The van der Waals surface area contributed by atoms with Crippen molar-refractivity contribution in [3.63, 3.8) is 0 Å². The Labute approximate surface area is 172 Å². The monoisotopic (exact) mass is 413 g/mol. The van der Waals surface area contributed by atoms with Crippen LogP contribution in [0.1, 0.15) is 30.7 Å². The summed E-state index contributed by atoms with van der Waals surface area (Å²) in [5, 5.41) is 1.35. The number of thiophene rings is 1. The van der Waals surface area contributed by atoms with Crippen molar-refractivity contribution in [2.24, 2.45) is 0 Å². The lowest BCUT2D eigenvalue weighted by Crippen LogP contribution is -2.32. The predicted molar refractivity (Wildman–Crippen MR) is 116 cm³/mol. The second-order valence-corrected chi connectivity index (χ2v) is 8.79. The van der Waals surface area contributed by atoms with Crippen LogP contribution < -0.4 is 5.56 Å². The van der Waals surface area contributed by atoms with Gasteiger partial charge in [0.1, 0.15) is 4.83 Å². The van der Waals surface area contributed by atoms with Crippen molar-refractivity contribution in [2.45, 2.75) is 38.3 Å². The fourth-order valence-electron chi connectivity index (χ4n) is 3.72. The molecule has 1 aliphatic carbocycles. The third kappa shape index (κ3) is 3.37. The first kappa shape index (κ1) is 19.2. The Kier molecular flexibility index (Phi) is 5.55. The summed E-state index contributed by atoms with van der Waals surface area (Å²) < 4.78 is 1.67. The molecule has 28 heavy (non-hydrogen) atoms. The first-order chi connectivity index (χ1) is 13.6. The van der Waals surface area contributed by atoms with Gasteiger partial charge in [-0.1, -0.05) is 30.0 Å². The van der Waals surface area contributed by atoms with Gasteiger partial charge in [0.15, 0.2) is 5.16 Å². The van der Waals surface area contributed by atoms with E-state index < -0.39 is 0 Å². The quantitative estimate of drug-likeness (QED) is 0.454. The second kappa shape index (κ2) is 8.09. The molecule has 1 aromatic carbocycles. The minimum absolute atomic E-state index is 0.0200. The van der Waals surface area contributed by atoms with Gasteiger partial charge in [-0.15, -0.1) is 11.3 Å². The fraction of sp³-hybridized carbons (Fsp3) is 0.381. The van der Waals surface area contributed by atoms with E-state index in [1.807, 2.05) is 44.2 Å². The first-order valence-corrected chi connectivity index (χ1v) is 11.5. The minimum atomic E-state index is -0.0200. The molecule has 4 rings (SSSR count). The lowest BCUT2D eigenvalue weighted by atomic mass is 10.2. The third-order valence-corrected chi connectivity index (χ3v) is 7.27. The van der Waals surface area contributed by atoms with Crippen LogP contribution >= 0.6 is 23.1 Å². The van der Waals surface area contributed by atoms with E-state index in [0.717, 1.165) is 35.2 Å². The molecule has 2 aromatic heterocycles. The number of para-hydroxylation sites is 1. The highest BCUT2D eigenvalue weighted by molar-refractivity contribution is 7.99. The minimum Gasteiger partial charge on any atom is -0.343 e. The highest BCUT2D eigenvalue weighted by Gasteiger charge is 2.24. The topological polar surface area (TPSA) is 55.2 Å². The number of fused-ring (bicyclic) bond motifs is 3. The second-order valence-electron chi connectivity index (χ2n) is 6.76. The molecule has 0 atom stereocenters. The molecule has 0 saturated heterocycles. The van der Waals surface area contributed by atoms with Gasteiger partial charge in [0.25, 0.3) is 5.56 Å². The van der Waals surface area contributed by atoms with Crippen LogP contribution in [0.2, 0.25) is 0 Å². The van der Waals surface area contributed by atoms with Crippen LogP contribution in [0.25, 0.3) is 15.9 Å². The maximum Gasteiger partial charge on any atom is 0.267 e. The molecular weight excluding hydrogens is 390 g/mol. The number of benzene rings is 1. The number of hydrogen-bond acceptors (Lipinski definition) is 5. The summed E-state index contributed by atoms with van der Waals surface area (Å²) in [6.07, 6.45) is 3.09. The Bertz CT molecular complexity index is 1070. The van der Waals surface area contributed by atoms with E-state index in [0.29, 0.717) is 18.2 Å². The lowest BCUT2D eigenvalue weighted by Gasteiger charge is -2.18. The molecule has 0 radical (unpaired) electrons. The molecule has 5 nitrogen and oxygen atoms in total. The highest BCUT2D eigenvalue weighted by atomic mass is 32.2. The first-order valence-electron chi connectivity index (χ1n) is 9.67. The molecule has 0 aliphatic heterocycles. The van der Waals surface area contributed by atoms with Crippen molar-refractivity contribution in [1.29, 1.82) is 0 Å². The lowest BCUT2D eigenvalue weighted by molar-refractivity contribution is -0.127. The molecule has 0 unspecified atom stereocenters. The van der Waals surface area contributed by atoms with Gasteiger partial charge < -0.3 is 4.90 Å². The number of amides is 1. The standard InChI is InChI=1S/C21H23N3O2S2/c1-3-23(4-2)17(25)13-27-21-22-19-18(15-11-8-12-16(15)28-19)20(26)24(21)14-9-6-5-7-10-14/h5-7,9-10H,3-4,8,11-13H2,1-2H3. The van der Waals surface area contributed by atoms with E-state index >= 15 is 0 Å². The number of aromatic nitrogens is 2. The van der Waals surface area contributed by atoms with Crippen molar-refractivity contribution in [3.05, 3.63) is 51.1 Å². The van der Waals surface area contributed by atoms with E-state index in [9.17, 15) is 9.59 Å². The average molecular weight is 414 g/mol. The number of rotatable bonds is 6. The third-order valence-electron chi connectivity index (χ3n) is 5.16. The van der Waals surface area contributed by atoms with Gasteiger partial charge in [-0.25, -0.2) is 4.98 Å². The smallest absolute Gasteiger partial charge is 0.267 e. The van der Waals surface area contributed by atoms with Crippen molar-refractivity contribution in [3.8, 4) is 5.69 Å². The molecule has 3 aromatic rings. The summed E-state index contributed by atoms with van der Waals surface area (Å²) >= 11 is 2.98. The largest absolute Gasteiger partial charge is 0.343 e. The van der Waals surface area contributed by atoms with Crippen molar-refractivity contribution in [2.75, 3.05) is 18.8 Å². The van der Waals surface area contributed by atoms with Crippen LogP contribution in [0.5, 0.6) is 0 Å². The van der Waals surface area contributed by atoms with Crippen molar-refractivity contribution in [1.82, 2.24) is 14.5 Å². The Morgan fingerprint density at radius 3 is 2.68 bits per heavy atom. The van der Waals surface area contributed by atoms with E-state index in [4.69, 9.17) is 4.98 Å². The average Bonchev–Trinajstić information content (AvgIpc) is 3.28. The number of hydrogen-bond donors (Lipinski definition) is 0. The zero-order valence-corrected chi connectivity index (χ0v) is 17.7. The molecule has 0 N–H and O–H groups in total. The van der Waals surface area contributed by atoms with Gasteiger partial charge in [-0.3, -0.25) is 14.2 Å². The van der Waals surface area contributed by atoms with E-state index in [1.165, 1.54) is 22.2 Å². The zero-order valence-electron chi connectivity index (χ0n) is 16.1. The number of carbonyl (C=O) groups excluding carboxylic acids is 1. The molecule has 1 amide bonds. The van der Waals surface area contributed by atoms with Crippen LogP contribution in [0, 0.1) is 0 Å². The van der Waals surface area contributed by atoms with Crippen molar-refractivity contribution >= 4 is 39.2 Å². The van der Waals surface area contributed by atoms with Gasteiger partial charge in [-0.05, 0) is 50.8 Å². The maximum absolute atomic E-state index is 13.5. The Balaban J connectivity index is 1.81. The zero-order chi connectivity index (χ0) is 19.7. The van der Waals surface area contributed by atoms with Gasteiger partial charge >= 0.3 is 0 Å². The van der Waals surface area contributed by atoms with E-state index in [2.05, 4.69) is 0 Å². The summed E-state index contributed by atoms with van der Waals surface area (Å²) in [4.78, 5) is 34.7. The Morgan fingerprint density at radius 1 is 1.21 bits per heavy atom. The van der Waals surface area contributed by atoms with Crippen molar-refractivity contribution < 1.29 is 4.79 Å². The predicted octanol–water partition coefficient (Wildman–Crippen LogP) is 3.90. The fourth-order valence-corrected chi connectivity index (χ4v) is 5.94. The van der Waals surface area contributed by atoms with E-state index in [-0.39, 0.29) is 17.2 Å². The highest BCUT2D eigenvalue weighted by Crippen LogP contribution is 2.36. The van der Waals surface area contributed by atoms with Crippen LogP contribution in [0.4, 0.5) is 0 Å². The number of aryl methyl sites for hydroxylation is 2. The van der Waals surface area contributed by atoms with Crippen LogP contribution in [-0.2, 0) is 17.6 Å². The van der Waals surface area contributed by atoms with E-state index in [1.54, 1.807) is 20.8 Å². The molecular formula is C21H23N3O2S2. The van der Waals surface area contributed by atoms with Crippen LogP contribution in [0.3, 0.4) is 0 Å². The molecule has 1 aliphatic rings. The molecule has 0 spiro atoms. The Morgan fingerprint density at radius 2 is 1.96 bits per heavy atom. The number of carbonyl (C=O) groups is 1. The summed E-state index contributed by atoms with van der Waals surface area (Å²) in [7, 11) is 0. The van der Waals surface area contributed by atoms with Gasteiger partial charge in [0.2, 0.25) is 5.91 Å². The molecule has 0 saturated carbocycles. The molecule has 7 heteroatoms. The van der Waals surface area contributed by atoms with Gasteiger partial charge in [-0.2, -0.15) is 0 Å². The normalized spacial score (nSPS) is 13.1. The molecule has 2 heterocycles. The van der Waals surface area contributed by atoms with Gasteiger partial charge in [0, 0.05) is 18.0 Å². The molecule has 0 bridgehead atoms. The SMILES string of the molecule is CCN(CC)C(=O)CSc1nc2sc3c(c2c(=O)n1-c1ccccc1)CCC3. The molecule has 0 fully saturated rings. The number of thioether (sulfide) groups is 1. The summed E-state index contributed by atoms with van der Waals surface area (Å²) in [5.74, 6) is 0.343. The molecule has 146 valence electrons. The summed E-state index contributed by atoms with van der Waals surface area (Å²) in [6, 6.07) is 9.59. The van der Waals surface area contributed by atoms with Crippen LogP contribution in [-0.4, -0.2) is 39.2 Å². The Hall–Kier alpha value is -2.12. The van der Waals surface area contributed by atoms with Crippen LogP contribution in [0.15, 0.2) is 40.3 Å². The summed E-state index contributed by atoms with van der Waals surface area (Å²) in [6.45, 7) is 5.32. The maximum atomic E-state index is 13.5. The van der Waals surface area contributed by atoms with Gasteiger partial charge in [0.05, 0.1) is 16.8 Å². The number of nitrogens with zero attached hydrogens (tertiary/aromatic N) is 3.